The number of hydrogen-bond donors (Lipinski definition) is 2. The van der Waals surface area contributed by atoms with Crippen molar-refractivity contribution < 1.29 is 9.47 Å². The second-order valence-corrected chi connectivity index (χ2v) is 4.71. The lowest BCUT2D eigenvalue weighted by Crippen LogP contribution is -2.16. The summed E-state index contributed by atoms with van der Waals surface area (Å²) in [6.45, 7) is 3.72. The minimum absolute atomic E-state index is 0.562. The molecular formula is C15H17N3O2. The van der Waals surface area contributed by atoms with E-state index in [1.165, 1.54) is 0 Å². The van der Waals surface area contributed by atoms with Crippen LogP contribution in [0.5, 0.6) is 11.5 Å². The number of nitrogens with zero attached hydrogens (tertiary/aromatic N) is 1. The zero-order chi connectivity index (χ0) is 13.9. The molecule has 0 amide bonds. The van der Waals surface area contributed by atoms with Gasteiger partial charge in [-0.1, -0.05) is 6.07 Å². The molecule has 0 unspecified atom stereocenters. The van der Waals surface area contributed by atoms with Gasteiger partial charge in [0, 0.05) is 17.8 Å². The topological polar surface area (TPSA) is 69.4 Å². The number of anilines is 2. The van der Waals surface area contributed by atoms with Crippen LogP contribution in [0.2, 0.25) is 0 Å². The van der Waals surface area contributed by atoms with E-state index >= 15 is 0 Å². The highest BCUT2D eigenvalue weighted by atomic mass is 16.6. The predicted molar refractivity (Wildman–Crippen MR) is 78.1 cm³/mol. The summed E-state index contributed by atoms with van der Waals surface area (Å²) in [7, 11) is 0. The molecule has 0 spiro atoms. The van der Waals surface area contributed by atoms with Gasteiger partial charge in [0.1, 0.15) is 13.2 Å². The van der Waals surface area contributed by atoms with Gasteiger partial charge in [-0.15, -0.1) is 0 Å². The molecule has 2 heterocycles. The third-order valence-electron chi connectivity index (χ3n) is 3.12. The molecule has 1 aromatic carbocycles. The highest BCUT2D eigenvalue weighted by Gasteiger charge is 2.14. The Labute approximate surface area is 117 Å². The summed E-state index contributed by atoms with van der Waals surface area (Å²) in [6.07, 6.45) is 0. The summed E-state index contributed by atoms with van der Waals surface area (Å²) in [4.78, 5) is 4.45. The zero-order valence-electron chi connectivity index (χ0n) is 11.3. The van der Waals surface area contributed by atoms with Gasteiger partial charge in [-0.05, 0) is 19.1 Å². The number of rotatable bonds is 3. The fourth-order valence-electron chi connectivity index (χ4n) is 2.14. The van der Waals surface area contributed by atoms with Crippen molar-refractivity contribution in [3.8, 4) is 11.5 Å². The van der Waals surface area contributed by atoms with Crippen molar-refractivity contribution in [1.29, 1.82) is 0 Å². The molecule has 104 valence electrons. The van der Waals surface area contributed by atoms with Crippen LogP contribution in [0.1, 0.15) is 11.4 Å². The molecule has 3 N–H and O–H groups in total. The van der Waals surface area contributed by atoms with E-state index in [0.29, 0.717) is 31.2 Å². The predicted octanol–water partition coefficient (Wildman–Crippen LogP) is 2.36. The third kappa shape index (κ3) is 2.61. The van der Waals surface area contributed by atoms with Gasteiger partial charge < -0.3 is 20.5 Å². The minimum atomic E-state index is 0.562. The van der Waals surface area contributed by atoms with Crippen molar-refractivity contribution in [2.24, 2.45) is 0 Å². The molecule has 0 saturated heterocycles. The Hall–Kier alpha value is -2.43. The Bertz CT molecular complexity index is 629. The van der Waals surface area contributed by atoms with Gasteiger partial charge in [0.05, 0.1) is 23.6 Å². The van der Waals surface area contributed by atoms with Crippen LogP contribution in [0.4, 0.5) is 11.4 Å². The molecular weight excluding hydrogens is 254 g/mol. The third-order valence-corrected chi connectivity index (χ3v) is 3.12. The van der Waals surface area contributed by atoms with Gasteiger partial charge in [0.2, 0.25) is 0 Å². The number of nitrogens with one attached hydrogen (secondary N) is 1. The molecule has 2 aromatic rings. The van der Waals surface area contributed by atoms with E-state index in [1.54, 1.807) is 6.07 Å². The maximum Gasteiger partial charge on any atom is 0.163 e. The van der Waals surface area contributed by atoms with Crippen LogP contribution in [-0.2, 0) is 6.54 Å². The molecule has 0 radical (unpaired) electrons. The lowest BCUT2D eigenvalue weighted by Gasteiger charge is -2.20. The van der Waals surface area contributed by atoms with Gasteiger partial charge in [-0.2, -0.15) is 0 Å². The van der Waals surface area contributed by atoms with Gasteiger partial charge in [-0.3, -0.25) is 4.98 Å². The number of aromatic nitrogens is 1. The number of benzene rings is 1. The van der Waals surface area contributed by atoms with Crippen molar-refractivity contribution >= 4 is 11.4 Å². The van der Waals surface area contributed by atoms with Crippen molar-refractivity contribution in [2.75, 3.05) is 24.3 Å². The Balaban J connectivity index is 1.77. The fourth-order valence-corrected chi connectivity index (χ4v) is 2.14. The van der Waals surface area contributed by atoms with E-state index in [-0.39, 0.29) is 0 Å². The molecule has 0 bridgehead atoms. The van der Waals surface area contributed by atoms with Crippen molar-refractivity contribution in [1.82, 2.24) is 4.98 Å². The molecule has 20 heavy (non-hydrogen) atoms. The number of fused-ring (bicyclic) bond motifs is 1. The Morgan fingerprint density at radius 3 is 2.70 bits per heavy atom. The van der Waals surface area contributed by atoms with Crippen molar-refractivity contribution in [3.63, 3.8) is 0 Å². The number of nitrogen functional groups attached to an aromatic ring is 1. The quantitative estimate of drug-likeness (QED) is 0.839. The second-order valence-electron chi connectivity index (χ2n) is 4.71. The lowest BCUT2D eigenvalue weighted by atomic mass is 10.2. The van der Waals surface area contributed by atoms with Crippen LogP contribution in [-0.4, -0.2) is 18.2 Å². The van der Waals surface area contributed by atoms with Gasteiger partial charge in [0.25, 0.3) is 0 Å². The number of hydrogen-bond acceptors (Lipinski definition) is 5. The van der Waals surface area contributed by atoms with Gasteiger partial charge in [-0.25, -0.2) is 0 Å². The van der Waals surface area contributed by atoms with Gasteiger partial charge in [0.15, 0.2) is 11.5 Å². The SMILES string of the molecule is Cc1cccc(CNc2cc3c(cc2N)OCCO3)n1. The number of ether oxygens (including phenoxy) is 2. The Morgan fingerprint density at radius 2 is 1.95 bits per heavy atom. The summed E-state index contributed by atoms with van der Waals surface area (Å²) >= 11 is 0. The summed E-state index contributed by atoms with van der Waals surface area (Å²) < 4.78 is 11.0. The zero-order valence-corrected chi connectivity index (χ0v) is 11.3. The first-order valence-corrected chi connectivity index (χ1v) is 6.58. The smallest absolute Gasteiger partial charge is 0.163 e. The normalized spacial score (nSPS) is 13.1. The number of nitrogens with two attached hydrogens (primary N) is 1. The molecule has 0 saturated carbocycles. The molecule has 1 aliphatic rings. The lowest BCUT2D eigenvalue weighted by molar-refractivity contribution is 0.172. The summed E-state index contributed by atoms with van der Waals surface area (Å²) in [5.41, 5.74) is 9.46. The first-order chi connectivity index (χ1) is 9.72. The molecule has 0 aliphatic carbocycles. The van der Waals surface area contributed by atoms with Crippen LogP contribution in [0.3, 0.4) is 0 Å². The summed E-state index contributed by atoms with van der Waals surface area (Å²) in [5.74, 6) is 1.43. The first-order valence-electron chi connectivity index (χ1n) is 6.58. The average Bonchev–Trinajstić information content (AvgIpc) is 2.45. The van der Waals surface area contributed by atoms with E-state index in [0.717, 1.165) is 22.8 Å². The monoisotopic (exact) mass is 271 g/mol. The second kappa shape index (κ2) is 5.28. The molecule has 1 aromatic heterocycles. The van der Waals surface area contributed by atoms with E-state index in [9.17, 15) is 0 Å². The molecule has 5 heteroatoms. The first kappa shape index (κ1) is 12.6. The van der Waals surface area contributed by atoms with Crippen LogP contribution in [0, 0.1) is 6.92 Å². The fraction of sp³-hybridized carbons (Fsp3) is 0.267. The number of aryl methyl sites for hydroxylation is 1. The maximum absolute atomic E-state index is 6.02. The average molecular weight is 271 g/mol. The van der Waals surface area contributed by atoms with Crippen LogP contribution < -0.4 is 20.5 Å². The molecule has 0 atom stereocenters. The van der Waals surface area contributed by atoms with Crippen LogP contribution in [0.25, 0.3) is 0 Å². The highest BCUT2D eigenvalue weighted by molar-refractivity contribution is 5.72. The van der Waals surface area contributed by atoms with Crippen molar-refractivity contribution in [2.45, 2.75) is 13.5 Å². The highest BCUT2D eigenvalue weighted by Crippen LogP contribution is 2.37. The maximum atomic E-state index is 6.02. The molecule has 0 fully saturated rings. The van der Waals surface area contributed by atoms with Crippen LogP contribution in [0.15, 0.2) is 30.3 Å². The molecule has 3 rings (SSSR count). The largest absolute Gasteiger partial charge is 0.486 e. The summed E-state index contributed by atoms with van der Waals surface area (Å²) in [5, 5.41) is 3.28. The van der Waals surface area contributed by atoms with E-state index in [2.05, 4.69) is 10.3 Å². The van der Waals surface area contributed by atoms with Crippen molar-refractivity contribution in [3.05, 3.63) is 41.7 Å². The van der Waals surface area contributed by atoms with E-state index < -0.39 is 0 Å². The van der Waals surface area contributed by atoms with E-state index in [1.807, 2.05) is 31.2 Å². The van der Waals surface area contributed by atoms with Gasteiger partial charge >= 0.3 is 0 Å². The van der Waals surface area contributed by atoms with Crippen LogP contribution >= 0.6 is 0 Å². The molecule has 1 aliphatic heterocycles. The molecule has 5 nitrogen and oxygen atoms in total. The Morgan fingerprint density at radius 1 is 1.20 bits per heavy atom. The minimum Gasteiger partial charge on any atom is -0.486 e. The van der Waals surface area contributed by atoms with E-state index in [4.69, 9.17) is 15.2 Å². The Kier molecular flexibility index (Phi) is 3.33. The number of pyridine rings is 1. The standard InChI is InChI=1S/C15H17N3O2/c1-10-3-2-4-11(18-10)9-17-13-8-15-14(7-12(13)16)19-5-6-20-15/h2-4,7-8,17H,5-6,9,16H2,1H3. The summed E-state index contributed by atoms with van der Waals surface area (Å²) in [6, 6.07) is 9.61.